The monoisotopic (exact) mass is 233 g/mol. The van der Waals surface area contributed by atoms with Crippen LogP contribution in [0.2, 0.25) is 0 Å². The van der Waals surface area contributed by atoms with Crippen LogP contribution in [0.3, 0.4) is 0 Å². The van der Waals surface area contributed by atoms with Crippen molar-refractivity contribution in [1.82, 2.24) is 14.9 Å². The SMILES string of the molecule is c1nc2c(n1CCCC1CCCC1)CCNC2. The van der Waals surface area contributed by atoms with Crippen molar-refractivity contribution >= 4 is 0 Å². The second-order valence-corrected chi connectivity index (χ2v) is 5.55. The average molecular weight is 233 g/mol. The molecule has 2 heterocycles. The third kappa shape index (κ3) is 2.54. The van der Waals surface area contributed by atoms with Gasteiger partial charge in [-0.1, -0.05) is 25.7 Å². The summed E-state index contributed by atoms with van der Waals surface area (Å²) in [7, 11) is 0. The Morgan fingerprint density at radius 3 is 3.12 bits per heavy atom. The van der Waals surface area contributed by atoms with Crippen LogP contribution in [0.1, 0.15) is 49.9 Å². The predicted molar refractivity (Wildman–Crippen MR) is 68.8 cm³/mol. The molecule has 1 aromatic heterocycles. The molecule has 1 aliphatic carbocycles. The van der Waals surface area contributed by atoms with Crippen LogP contribution in [0.4, 0.5) is 0 Å². The van der Waals surface area contributed by atoms with Gasteiger partial charge in [-0.25, -0.2) is 4.98 Å². The Morgan fingerprint density at radius 1 is 1.35 bits per heavy atom. The van der Waals surface area contributed by atoms with Crippen LogP contribution in [0.15, 0.2) is 6.33 Å². The van der Waals surface area contributed by atoms with Gasteiger partial charge < -0.3 is 9.88 Å². The lowest BCUT2D eigenvalue weighted by Gasteiger charge is -2.15. The minimum Gasteiger partial charge on any atom is -0.334 e. The number of aryl methyl sites for hydroxylation is 1. The Bertz CT molecular complexity index is 364. The summed E-state index contributed by atoms with van der Waals surface area (Å²) in [5.41, 5.74) is 2.76. The molecule has 17 heavy (non-hydrogen) atoms. The molecule has 0 atom stereocenters. The van der Waals surface area contributed by atoms with Crippen molar-refractivity contribution < 1.29 is 0 Å². The van der Waals surface area contributed by atoms with Crippen LogP contribution in [0.5, 0.6) is 0 Å². The highest BCUT2D eigenvalue weighted by Crippen LogP contribution is 2.28. The zero-order valence-corrected chi connectivity index (χ0v) is 10.6. The molecule has 0 amide bonds. The number of imidazole rings is 1. The molecule has 94 valence electrons. The maximum absolute atomic E-state index is 4.51. The zero-order chi connectivity index (χ0) is 11.5. The topological polar surface area (TPSA) is 29.9 Å². The van der Waals surface area contributed by atoms with Crippen molar-refractivity contribution in [3.05, 3.63) is 17.7 Å². The van der Waals surface area contributed by atoms with Gasteiger partial charge in [-0.2, -0.15) is 0 Å². The van der Waals surface area contributed by atoms with Gasteiger partial charge in [0.25, 0.3) is 0 Å². The molecule has 0 unspecified atom stereocenters. The van der Waals surface area contributed by atoms with E-state index in [1.165, 1.54) is 56.5 Å². The van der Waals surface area contributed by atoms with Gasteiger partial charge in [-0.05, 0) is 18.8 Å². The number of nitrogens with one attached hydrogen (secondary N) is 1. The third-order valence-electron chi connectivity index (χ3n) is 4.35. The number of nitrogens with zero attached hydrogens (tertiary/aromatic N) is 2. The molecule has 1 aromatic rings. The maximum atomic E-state index is 4.51. The van der Waals surface area contributed by atoms with Gasteiger partial charge in [0.15, 0.2) is 0 Å². The van der Waals surface area contributed by atoms with Crippen molar-refractivity contribution in [3.8, 4) is 0 Å². The van der Waals surface area contributed by atoms with E-state index in [2.05, 4.69) is 14.9 Å². The Labute approximate surface area is 104 Å². The molecule has 1 aliphatic heterocycles. The summed E-state index contributed by atoms with van der Waals surface area (Å²) in [6.07, 6.45) is 11.8. The van der Waals surface area contributed by atoms with E-state index in [1.807, 2.05) is 6.33 Å². The number of aromatic nitrogens is 2. The predicted octanol–water partition coefficient (Wildman–Crippen LogP) is 2.50. The van der Waals surface area contributed by atoms with Crippen molar-refractivity contribution in [3.63, 3.8) is 0 Å². The van der Waals surface area contributed by atoms with E-state index >= 15 is 0 Å². The average Bonchev–Trinajstić information content (AvgIpc) is 2.99. The van der Waals surface area contributed by atoms with Crippen LogP contribution in [-0.2, 0) is 19.5 Å². The van der Waals surface area contributed by atoms with Crippen LogP contribution in [0, 0.1) is 5.92 Å². The summed E-state index contributed by atoms with van der Waals surface area (Å²) >= 11 is 0. The summed E-state index contributed by atoms with van der Waals surface area (Å²) in [6, 6.07) is 0. The van der Waals surface area contributed by atoms with Crippen LogP contribution < -0.4 is 5.32 Å². The van der Waals surface area contributed by atoms with E-state index < -0.39 is 0 Å². The molecule has 0 aromatic carbocycles. The van der Waals surface area contributed by atoms with Gasteiger partial charge >= 0.3 is 0 Å². The molecule has 3 rings (SSSR count). The normalized spacial score (nSPS) is 20.7. The van der Waals surface area contributed by atoms with E-state index in [0.717, 1.165) is 25.4 Å². The second kappa shape index (κ2) is 5.21. The molecule has 0 spiro atoms. The lowest BCUT2D eigenvalue weighted by atomic mass is 10.0. The van der Waals surface area contributed by atoms with Crippen LogP contribution >= 0.6 is 0 Å². The van der Waals surface area contributed by atoms with Gasteiger partial charge in [-0.15, -0.1) is 0 Å². The highest BCUT2D eigenvalue weighted by atomic mass is 15.1. The highest BCUT2D eigenvalue weighted by Gasteiger charge is 2.16. The Balaban J connectivity index is 1.52. The maximum Gasteiger partial charge on any atom is 0.0952 e. The molecule has 3 heteroatoms. The van der Waals surface area contributed by atoms with Gasteiger partial charge in [0, 0.05) is 31.7 Å². The largest absolute Gasteiger partial charge is 0.334 e. The summed E-state index contributed by atoms with van der Waals surface area (Å²) < 4.78 is 2.39. The first-order valence-corrected chi connectivity index (χ1v) is 7.17. The number of hydrogen-bond acceptors (Lipinski definition) is 2. The molecule has 0 bridgehead atoms. The molecule has 0 saturated heterocycles. The van der Waals surface area contributed by atoms with E-state index in [9.17, 15) is 0 Å². The Morgan fingerprint density at radius 2 is 2.24 bits per heavy atom. The highest BCUT2D eigenvalue weighted by molar-refractivity contribution is 5.16. The lowest BCUT2D eigenvalue weighted by molar-refractivity contribution is 0.453. The fourth-order valence-corrected chi connectivity index (χ4v) is 3.34. The molecular weight excluding hydrogens is 210 g/mol. The van der Waals surface area contributed by atoms with Crippen molar-refractivity contribution in [2.75, 3.05) is 6.54 Å². The van der Waals surface area contributed by atoms with Gasteiger partial charge in [0.2, 0.25) is 0 Å². The first kappa shape index (κ1) is 11.3. The Hall–Kier alpha value is -0.830. The summed E-state index contributed by atoms with van der Waals surface area (Å²) in [6.45, 7) is 3.26. The molecule has 0 radical (unpaired) electrons. The van der Waals surface area contributed by atoms with Crippen molar-refractivity contribution in [2.45, 2.75) is 58.0 Å². The summed E-state index contributed by atoms with van der Waals surface area (Å²) in [5.74, 6) is 1.02. The molecule has 1 N–H and O–H groups in total. The van der Waals surface area contributed by atoms with Gasteiger partial charge in [0.05, 0.1) is 12.0 Å². The first-order chi connectivity index (χ1) is 8.43. The zero-order valence-electron chi connectivity index (χ0n) is 10.6. The molecular formula is C14H23N3. The lowest BCUT2D eigenvalue weighted by Crippen LogP contribution is -2.25. The van der Waals surface area contributed by atoms with Gasteiger partial charge in [-0.3, -0.25) is 0 Å². The fraction of sp³-hybridized carbons (Fsp3) is 0.786. The minimum absolute atomic E-state index is 0.963. The third-order valence-corrected chi connectivity index (χ3v) is 4.35. The Kier molecular flexibility index (Phi) is 3.46. The smallest absolute Gasteiger partial charge is 0.0952 e. The quantitative estimate of drug-likeness (QED) is 0.866. The van der Waals surface area contributed by atoms with E-state index in [-0.39, 0.29) is 0 Å². The number of rotatable bonds is 4. The van der Waals surface area contributed by atoms with Crippen molar-refractivity contribution in [1.29, 1.82) is 0 Å². The summed E-state index contributed by atoms with van der Waals surface area (Å²) in [5, 5.41) is 3.38. The minimum atomic E-state index is 0.963. The molecule has 1 fully saturated rings. The van der Waals surface area contributed by atoms with E-state index in [4.69, 9.17) is 0 Å². The standard InChI is InChI=1S/C14H23N3/c1-2-5-12(4-1)6-3-9-17-11-16-13-10-15-8-7-14(13)17/h11-12,15H,1-10H2. The molecule has 1 saturated carbocycles. The summed E-state index contributed by atoms with van der Waals surface area (Å²) in [4.78, 5) is 4.51. The number of hydrogen-bond donors (Lipinski definition) is 1. The van der Waals surface area contributed by atoms with Gasteiger partial charge in [0.1, 0.15) is 0 Å². The number of fused-ring (bicyclic) bond motifs is 1. The van der Waals surface area contributed by atoms with Crippen molar-refractivity contribution in [2.24, 2.45) is 5.92 Å². The van der Waals surface area contributed by atoms with E-state index in [1.54, 1.807) is 0 Å². The van der Waals surface area contributed by atoms with Crippen LogP contribution in [0.25, 0.3) is 0 Å². The van der Waals surface area contributed by atoms with E-state index in [0.29, 0.717) is 0 Å². The van der Waals surface area contributed by atoms with Crippen LogP contribution in [-0.4, -0.2) is 16.1 Å². The molecule has 3 nitrogen and oxygen atoms in total. The molecule has 2 aliphatic rings. The fourth-order valence-electron chi connectivity index (χ4n) is 3.34. The first-order valence-electron chi connectivity index (χ1n) is 7.17. The second-order valence-electron chi connectivity index (χ2n) is 5.55.